The van der Waals surface area contributed by atoms with Gasteiger partial charge in [-0.25, -0.2) is 4.39 Å². The largest absolute Gasteiger partial charge is 0.382 e. The fourth-order valence-electron chi connectivity index (χ4n) is 1.34. The number of aromatic nitrogens is 2. The van der Waals surface area contributed by atoms with Crippen LogP contribution in [0.1, 0.15) is 17.4 Å². The van der Waals surface area contributed by atoms with E-state index in [-0.39, 0.29) is 4.47 Å². The molecule has 1 aromatic carbocycles. The van der Waals surface area contributed by atoms with Gasteiger partial charge in [0.1, 0.15) is 11.9 Å². The monoisotopic (exact) mass is 282 g/mol. The van der Waals surface area contributed by atoms with Crippen molar-refractivity contribution >= 4 is 15.9 Å². The van der Waals surface area contributed by atoms with Gasteiger partial charge in [0.15, 0.2) is 0 Å². The first-order chi connectivity index (χ1) is 7.70. The molecule has 3 nitrogen and oxygen atoms in total. The van der Waals surface area contributed by atoms with E-state index < -0.39 is 11.9 Å². The van der Waals surface area contributed by atoms with Crippen LogP contribution < -0.4 is 0 Å². The minimum atomic E-state index is -0.987. The molecule has 1 heterocycles. The highest BCUT2D eigenvalue weighted by molar-refractivity contribution is 9.10. The second-order valence-electron chi connectivity index (χ2n) is 3.18. The molecule has 0 fully saturated rings. The Bertz CT molecular complexity index is 493. The third-order valence-electron chi connectivity index (χ3n) is 2.14. The van der Waals surface area contributed by atoms with Crippen molar-refractivity contribution in [3.8, 4) is 0 Å². The van der Waals surface area contributed by atoms with Gasteiger partial charge >= 0.3 is 0 Å². The Morgan fingerprint density at radius 2 is 2.12 bits per heavy atom. The van der Waals surface area contributed by atoms with Gasteiger partial charge in [-0.2, -0.15) is 0 Å². The van der Waals surface area contributed by atoms with E-state index in [9.17, 15) is 9.50 Å². The number of nitrogens with zero attached hydrogens (tertiary/aromatic N) is 2. The molecule has 0 amide bonds. The van der Waals surface area contributed by atoms with Gasteiger partial charge in [-0.05, 0) is 22.0 Å². The third-order valence-corrected chi connectivity index (χ3v) is 2.98. The standard InChI is InChI=1S/C11H8BrFN2O/c12-10-7(2-1-3-8(10)13)11(16)9-6-14-4-5-15-9/h1-6,11,16H. The van der Waals surface area contributed by atoms with Crippen molar-refractivity contribution in [2.45, 2.75) is 6.10 Å². The molecule has 2 aromatic rings. The van der Waals surface area contributed by atoms with Crippen LogP contribution in [0.3, 0.4) is 0 Å². The number of hydrogen-bond acceptors (Lipinski definition) is 3. The molecule has 0 aliphatic heterocycles. The van der Waals surface area contributed by atoms with Gasteiger partial charge in [-0.15, -0.1) is 0 Å². The number of hydrogen-bond donors (Lipinski definition) is 1. The van der Waals surface area contributed by atoms with Crippen molar-refractivity contribution in [2.75, 3.05) is 0 Å². The SMILES string of the molecule is OC(c1cnccn1)c1cccc(F)c1Br. The van der Waals surface area contributed by atoms with Gasteiger partial charge in [0.25, 0.3) is 0 Å². The van der Waals surface area contributed by atoms with Crippen molar-refractivity contribution in [2.24, 2.45) is 0 Å². The highest BCUT2D eigenvalue weighted by Crippen LogP contribution is 2.28. The summed E-state index contributed by atoms with van der Waals surface area (Å²) < 4.78 is 13.5. The summed E-state index contributed by atoms with van der Waals surface area (Å²) in [6.07, 6.45) is 3.45. The molecular formula is C11H8BrFN2O. The average molecular weight is 283 g/mol. The van der Waals surface area contributed by atoms with E-state index in [0.717, 1.165) is 0 Å². The van der Waals surface area contributed by atoms with E-state index >= 15 is 0 Å². The number of aliphatic hydroxyl groups is 1. The molecule has 0 aliphatic carbocycles. The number of benzene rings is 1. The van der Waals surface area contributed by atoms with Crippen molar-refractivity contribution in [1.82, 2.24) is 9.97 Å². The Kier molecular flexibility index (Phi) is 3.26. The van der Waals surface area contributed by atoms with E-state index in [0.29, 0.717) is 11.3 Å². The van der Waals surface area contributed by atoms with Crippen LogP contribution in [0.2, 0.25) is 0 Å². The Balaban J connectivity index is 2.42. The van der Waals surface area contributed by atoms with Crippen LogP contribution in [-0.2, 0) is 0 Å². The normalized spacial score (nSPS) is 12.4. The summed E-state index contributed by atoms with van der Waals surface area (Å²) >= 11 is 3.09. The van der Waals surface area contributed by atoms with Crippen LogP contribution in [-0.4, -0.2) is 15.1 Å². The fraction of sp³-hybridized carbons (Fsp3) is 0.0909. The van der Waals surface area contributed by atoms with Crippen molar-refractivity contribution in [3.63, 3.8) is 0 Å². The lowest BCUT2D eigenvalue weighted by Gasteiger charge is -2.11. The molecule has 1 atom stereocenters. The van der Waals surface area contributed by atoms with Gasteiger partial charge in [0.2, 0.25) is 0 Å². The molecule has 1 aromatic heterocycles. The minimum Gasteiger partial charge on any atom is -0.382 e. The molecule has 1 unspecified atom stereocenters. The third kappa shape index (κ3) is 2.10. The Morgan fingerprint density at radius 3 is 2.81 bits per heavy atom. The zero-order valence-electron chi connectivity index (χ0n) is 8.14. The molecule has 1 N–H and O–H groups in total. The molecule has 0 saturated carbocycles. The molecule has 0 bridgehead atoms. The average Bonchev–Trinajstić information content (AvgIpc) is 2.33. The zero-order valence-corrected chi connectivity index (χ0v) is 9.73. The number of halogens is 2. The summed E-state index contributed by atoms with van der Waals surface area (Å²) in [5.74, 6) is -0.416. The first kappa shape index (κ1) is 11.2. The van der Waals surface area contributed by atoms with Gasteiger partial charge < -0.3 is 5.11 Å². The highest BCUT2D eigenvalue weighted by atomic mass is 79.9. The van der Waals surface area contributed by atoms with E-state index in [1.807, 2.05) is 0 Å². The maximum atomic E-state index is 13.3. The summed E-state index contributed by atoms with van der Waals surface area (Å²) in [7, 11) is 0. The molecule has 16 heavy (non-hydrogen) atoms. The molecule has 0 aliphatic rings. The summed E-state index contributed by atoms with van der Waals surface area (Å²) in [4.78, 5) is 7.82. The fourth-order valence-corrected chi connectivity index (χ4v) is 1.82. The second-order valence-corrected chi connectivity index (χ2v) is 3.97. The summed E-state index contributed by atoms with van der Waals surface area (Å²) in [5.41, 5.74) is 0.814. The van der Waals surface area contributed by atoms with Crippen molar-refractivity contribution < 1.29 is 9.50 Å². The lowest BCUT2D eigenvalue weighted by atomic mass is 10.1. The van der Waals surface area contributed by atoms with E-state index in [2.05, 4.69) is 25.9 Å². The smallest absolute Gasteiger partial charge is 0.137 e. The van der Waals surface area contributed by atoms with E-state index in [4.69, 9.17) is 0 Å². The van der Waals surface area contributed by atoms with Crippen LogP contribution in [0.25, 0.3) is 0 Å². The predicted molar refractivity (Wildman–Crippen MR) is 60.2 cm³/mol. The topological polar surface area (TPSA) is 46.0 Å². The summed E-state index contributed by atoms with van der Waals surface area (Å²) in [6, 6.07) is 4.48. The minimum absolute atomic E-state index is 0.244. The predicted octanol–water partition coefficient (Wildman–Crippen LogP) is 2.46. The van der Waals surface area contributed by atoms with Crippen LogP contribution in [0.15, 0.2) is 41.3 Å². The molecule has 0 spiro atoms. The lowest BCUT2D eigenvalue weighted by molar-refractivity contribution is 0.213. The van der Waals surface area contributed by atoms with Crippen molar-refractivity contribution in [1.29, 1.82) is 0 Å². The highest BCUT2D eigenvalue weighted by Gasteiger charge is 2.16. The van der Waals surface area contributed by atoms with Crippen LogP contribution in [0.4, 0.5) is 4.39 Å². The second kappa shape index (κ2) is 4.67. The first-order valence-electron chi connectivity index (χ1n) is 4.58. The summed E-state index contributed by atoms with van der Waals surface area (Å²) in [5, 5.41) is 10.00. The maximum absolute atomic E-state index is 13.3. The lowest BCUT2D eigenvalue weighted by Crippen LogP contribution is -2.04. The van der Waals surface area contributed by atoms with Crippen LogP contribution in [0.5, 0.6) is 0 Å². The van der Waals surface area contributed by atoms with Gasteiger partial charge in [-0.3, -0.25) is 9.97 Å². The molecule has 5 heteroatoms. The Labute approximate surface area is 100 Å². The molecule has 2 rings (SSSR count). The molecule has 82 valence electrons. The van der Waals surface area contributed by atoms with Crippen LogP contribution in [0, 0.1) is 5.82 Å². The van der Waals surface area contributed by atoms with Crippen molar-refractivity contribution in [3.05, 3.63) is 58.3 Å². The maximum Gasteiger partial charge on any atom is 0.137 e. The molecular weight excluding hydrogens is 275 g/mol. The quantitative estimate of drug-likeness (QED) is 0.920. The molecule has 0 radical (unpaired) electrons. The summed E-state index contributed by atoms with van der Waals surface area (Å²) in [6.45, 7) is 0. The first-order valence-corrected chi connectivity index (χ1v) is 5.37. The number of aliphatic hydroxyl groups excluding tert-OH is 1. The Hall–Kier alpha value is -1.33. The Morgan fingerprint density at radius 1 is 1.31 bits per heavy atom. The van der Waals surface area contributed by atoms with E-state index in [1.165, 1.54) is 30.7 Å². The van der Waals surface area contributed by atoms with E-state index in [1.54, 1.807) is 6.07 Å². The van der Waals surface area contributed by atoms with Gasteiger partial charge in [0, 0.05) is 18.0 Å². The van der Waals surface area contributed by atoms with Gasteiger partial charge in [0.05, 0.1) is 16.4 Å². The number of rotatable bonds is 2. The van der Waals surface area contributed by atoms with Gasteiger partial charge in [-0.1, -0.05) is 12.1 Å². The zero-order chi connectivity index (χ0) is 11.5. The molecule has 0 saturated heterocycles. The van der Waals surface area contributed by atoms with Crippen LogP contribution >= 0.6 is 15.9 Å².